The Bertz CT molecular complexity index is 1340. The van der Waals surface area contributed by atoms with Gasteiger partial charge in [-0.05, 0) is 55.7 Å². The van der Waals surface area contributed by atoms with Crippen LogP contribution in [0.3, 0.4) is 0 Å². The Labute approximate surface area is 185 Å². The van der Waals surface area contributed by atoms with E-state index in [1.807, 2.05) is 0 Å². The quantitative estimate of drug-likeness (QED) is 0.223. The third kappa shape index (κ3) is 3.22. The van der Waals surface area contributed by atoms with Gasteiger partial charge < -0.3 is 0 Å². The first-order valence-electron chi connectivity index (χ1n) is 10.9. The standard InChI is InChI=1S/C30H26Si/c1-3-30(31(2,24-15-6-4-7-16-24)25-17-8-5-9-18-25)29-22-23-14-10-11-19-26(23)27-20-12-13-21-28(27)29/h3-22H,1-2H3/b30-3+. The van der Waals surface area contributed by atoms with Crippen LogP contribution in [0.15, 0.2) is 121 Å². The van der Waals surface area contributed by atoms with E-state index in [0.29, 0.717) is 0 Å². The summed E-state index contributed by atoms with van der Waals surface area (Å²) in [5, 5.41) is 9.62. The molecule has 0 saturated heterocycles. The molecular formula is C30H26Si. The summed E-state index contributed by atoms with van der Waals surface area (Å²) in [5.41, 5.74) is 1.36. The maximum Gasteiger partial charge on any atom is 0.145 e. The predicted octanol–water partition coefficient (Wildman–Crippen LogP) is 6.83. The molecule has 0 aliphatic rings. The molecule has 0 N–H and O–H groups in total. The van der Waals surface area contributed by atoms with E-state index in [-0.39, 0.29) is 0 Å². The van der Waals surface area contributed by atoms with Crippen LogP contribution in [-0.4, -0.2) is 8.07 Å². The topological polar surface area (TPSA) is 0 Å². The van der Waals surface area contributed by atoms with Gasteiger partial charge in [-0.1, -0.05) is 122 Å². The minimum absolute atomic E-state index is 1.30. The van der Waals surface area contributed by atoms with Crippen molar-refractivity contribution in [2.24, 2.45) is 0 Å². The van der Waals surface area contributed by atoms with Crippen molar-refractivity contribution in [2.75, 3.05) is 0 Å². The van der Waals surface area contributed by atoms with Crippen LogP contribution in [0, 0.1) is 0 Å². The van der Waals surface area contributed by atoms with Gasteiger partial charge >= 0.3 is 0 Å². The van der Waals surface area contributed by atoms with Crippen molar-refractivity contribution in [3.05, 3.63) is 127 Å². The first-order chi connectivity index (χ1) is 15.2. The van der Waals surface area contributed by atoms with Crippen LogP contribution in [0.1, 0.15) is 12.5 Å². The molecule has 0 aromatic heterocycles. The Kier molecular flexibility index (Phi) is 5.05. The minimum Gasteiger partial charge on any atom is -0.0870 e. The molecule has 150 valence electrons. The van der Waals surface area contributed by atoms with Crippen molar-refractivity contribution in [1.82, 2.24) is 0 Å². The van der Waals surface area contributed by atoms with Gasteiger partial charge in [0.2, 0.25) is 0 Å². The largest absolute Gasteiger partial charge is 0.145 e. The average molecular weight is 415 g/mol. The highest BCUT2D eigenvalue weighted by molar-refractivity contribution is 7.14. The second kappa shape index (κ2) is 8.01. The number of allylic oxidation sites excluding steroid dienone is 1. The molecule has 0 saturated carbocycles. The third-order valence-corrected chi connectivity index (χ3v) is 11.2. The molecule has 0 unspecified atom stereocenters. The molecule has 0 spiro atoms. The number of rotatable bonds is 4. The lowest BCUT2D eigenvalue weighted by molar-refractivity contribution is 1.65. The summed E-state index contributed by atoms with van der Waals surface area (Å²) in [6.45, 7) is 4.70. The van der Waals surface area contributed by atoms with E-state index in [9.17, 15) is 0 Å². The summed E-state index contributed by atoms with van der Waals surface area (Å²) in [4.78, 5) is 0. The molecule has 0 radical (unpaired) electrons. The van der Waals surface area contributed by atoms with Crippen LogP contribution >= 0.6 is 0 Å². The lowest BCUT2D eigenvalue weighted by atomic mass is 9.97. The Balaban J connectivity index is 1.86. The van der Waals surface area contributed by atoms with Gasteiger partial charge in [-0.2, -0.15) is 0 Å². The SMILES string of the molecule is C/C=C(\c1cc2ccccc2c2ccccc12)[Si](C)(c1ccccc1)c1ccccc1. The van der Waals surface area contributed by atoms with E-state index in [1.165, 1.54) is 42.7 Å². The summed E-state index contributed by atoms with van der Waals surface area (Å²) >= 11 is 0. The zero-order chi connectivity index (χ0) is 21.3. The number of hydrogen-bond donors (Lipinski definition) is 0. The molecule has 5 aromatic rings. The summed E-state index contributed by atoms with van der Waals surface area (Å²) < 4.78 is 0. The van der Waals surface area contributed by atoms with E-state index < -0.39 is 8.07 Å². The Morgan fingerprint density at radius 1 is 0.581 bits per heavy atom. The third-order valence-electron chi connectivity index (χ3n) is 6.59. The van der Waals surface area contributed by atoms with Crippen molar-refractivity contribution in [2.45, 2.75) is 13.5 Å². The van der Waals surface area contributed by atoms with Gasteiger partial charge in [0.15, 0.2) is 0 Å². The van der Waals surface area contributed by atoms with Crippen LogP contribution < -0.4 is 10.4 Å². The van der Waals surface area contributed by atoms with Crippen molar-refractivity contribution >= 4 is 45.2 Å². The first kappa shape index (κ1) is 19.5. The van der Waals surface area contributed by atoms with Crippen LogP contribution in [0.25, 0.3) is 26.7 Å². The summed E-state index contributed by atoms with van der Waals surface area (Å²) in [6.07, 6.45) is 2.36. The first-order valence-corrected chi connectivity index (χ1v) is 13.4. The maximum atomic E-state index is 2.50. The minimum atomic E-state index is -2.22. The second-order valence-electron chi connectivity index (χ2n) is 8.25. The van der Waals surface area contributed by atoms with E-state index in [2.05, 4.69) is 135 Å². The van der Waals surface area contributed by atoms with E-state index >= 15 is 0 Å². The van der Waals surface area contributed by atoms with Crippen LogP contribution in [0.2, 0.25) is 6.55 Å². The van der Waals surface area contributed by atoms with E-state index in [4.69, 9.17) is 0 Å². The fraction of sp³-hybridized carbons (Fsp3) is 0.0667. The van der Waals surface area contributed by atoms with Crippen LogP contribution in [0.4, 0.5) is 0 Å². The van der Waals surface area contributed by atoms with Crippen LogP contribution in [0.5, 0.6) is 0 Å². The molecule has 0 atom stereocenters. The van der Waals surface area contributed by atoms with Gasteiger partial charge in [-0.3, -0.25) is 0 Å². The molecule has 0 amide bonds. The molecule has 5 rings (SSSR count). The van der Waals surface area contributed by atoms with Crippen LogP contribution in [-0.2, 0) is 0 Å². The van der Waals surface area contributed by atoms with Gasteiger partial charge in [-0.25, -0.2) is 0 Å². The average Bonchev–Trinajstić information content (AvgIpc) is 2.85. The highest BCUT2D eigenvalue weighted by Crippen LogP contribution is 2.36. The Morgan fingerprint density at radius 3 is 1.65 bits per heavy atom. The lowest BCUT2D eigenvalue weighted by Gasteiger charge is -2.33. The molecule has 0 heterocycles. The lowest BCUT2D eigenvalue weighted by Crippen LogP contribution is -2.56. The fourth-order valence-corrected chi connectivity index (χ4v) is 9.01. The molecule has 0 aliphatic carbocycles. The fourth-order valence-electron chi connectivity index (χ4n) is 5.01. The molecule has 0 fully saturated rings. The van der Waals surface area contributed by atoms with E-state index in [1.54, 1.807) is 0 Å². The normalized spacial score (nSPS) is 12.4. The van der Waals surface area contributed by atoms with Gasteiger partial charge in [0.25, 0.3) is 0 Å². The highest BCUT2D eigenvalue weighted by Gasteiger charge is 2.37. The zero-order valence-electron chi connectivity index (χ0n) is 18.0. The molecule has 31 heavy (non-hydrogen) atoms. The second-order valence-corrected chi connectivity index (χ2v) is 12.2. The van der Waals surface area contributed by atoms with Gasteiger partial charge in [-0.15, -0.1) is 0 Å². The number of fused-ring (bicyclic) bond motifs is 3. The van der Waals surface area contributed by atoms with Crippen molar-refractivity contribution in [3.63, 3.8) is 0 Å². The Hall–Kier alpha value is -3.42. The molecule has 1 heteroatoms. The van der Waals surface area contributed by atoms with Gasteiger partial charge in [0.05, 0.1) is 0 Å². The molecule has 5 aromatic carbocycles. The molecular weight excluding hydrogens is 388 g/mol. The molecule has 0 bridgehead atoms. The van der Waals surface area contributed by atoms with E-state index in [0.717, 1.165) is 0 Å². The highest BCUT2D eigenvalue weighted by atomic mass is 28.3. The van der Waals surface area contributed by atoms with Crippen molar-refractivity contribution in [3.8, 4) is 0 Å². The summed E-state index contributed by atoms with van der Waals surface area (Å²) in [6, 6.07) is 42.2. The van der Waals surface area contributed by atoms with Crippen molar-refractivity contribution in [1.29, 1.82) is 0 Å². The molecule has 0 aliphatic heterocycles. The van der Waals surface area contributed by atoms with Crippen molar-refractivity contribution < 1.29 is 0 Å². The zero-order valence-corrected chi connectivity index (χ0v) is 19.0. The van der Waals surface area contributed by atoms with Gasteiger partial charge in [0, 0.05) is 0 Å². The predicted molar refractivity (Wildman–Crippen MR) is 139 cm³/mol. The smallest absolute Gasteiger partial charge is 0.0870 e. The number of hydrogen-bond acceptors (Lipinski definition) is 0. The molecule has 0 nitrogen and oxygen atoms in total. The summed E-state index contributed by atoms with van der Waals surface area (Å²) in [7, 11) is -2.22. The maximum absolute atomic E-state index is 2.50. The van der Waals surface area contributed by atoms with Gasteiger partial charge in [0.1, 0.15) is 8.07 Å². The summed E-state index contributed by atoms with van der Waals surface area (Å²) in [5.74, 6) is 0. The Morgan fingerprint density at radius 2 is 1.06 bits per heavy atom. The monoisotopic (exact) mass is 414 g/mol. The number of benzene rings is 5.